The third-order valence-corrected chi connectivity index (χ3v) is 3.54. The molecule has 18 heavy (non-hydrogen) atoms. The molecule has 1 aliphatic rings. The summed E-state index contributed by atoms with van der Waals surface area (Å²) in [5, 5.41) is 11.8. The highest BCUT2D eigenvalue weighted by molar-refractivity contribution is 5.95. The molecule has 0 bridgehead atoms. The lowest BCUT2D eigenvalue weighted by Crippen LogP contribution is -2.50. The molecule has 94 valence electrons. The summed E-state index contributed by atoms with van der Waals surface area (Å²) < 4.78 is 5.48. The van der Waals surface area contributed by atoms with Gasteiger partial charge >= 0.3 is 0 Å². The van der Waals surface area contributed by atoms with Gasteiger partial charge in [-0.25, -0.2) is 0 Å². The summed E-state index contributed by atoms with van der Waals surface area (Å²) in [5.41, 5.74) is 0.664. The lowest BCUT2D eigenvalue weighted by Gasteiger charge is -2.28. The number of nitrogens with one attached hydrogen (secondary N) is 1. The van der Waals surface area contributed by atoms with Crippen molar-refractivity contribution in [1.29, 1.82) is 5.26 Å². The molecule has 0 spiro atoms. The predicted octanol–water partition coefficient (Wildman–Crippen LogP) is 1.86. The summed E-state index contributed by atoms with van der Waals surface area (Å²) in [5.74, 6) is -0.160. The topological polar surface area (TPSA) is 62.1 Å². The molecular formula is C14H16N2O2. The molecule has 1 aromatic carbocycles. The molecule has 1 fully saturated rings. The van der Waals surface area contributed by atoms with Crippen molar-refractivity contribution in [3.8, 4) is 6.07 Å². The fraction of sp³-hybridized carbons (Fsp3) is 0.429. The Morgan fingerprint density at radius 1 is 1.61 bits per heavy atom. The number of carbonyl (C=O) groups is 1. The highest BCUT2D eigenvalue weighted by atomic mass is 16.5. The van der Waals surface area contributed by atoms with Crippen LogP contribution in [0, 0.1) is 11.3 Å². The average molecular weight is 244 g/mol. The molecule has 1 N–H and O–H groups in total. The average Bonchev–Trinajstić information content (AvgIpc) is 2.69. The molecule has 1 amide bonds. The van der Waals surface area contributed by atoms with Crippen molar-refractivity contribution in [1.82, 2.24) is 5.32 Å². The quantitative estimate of drug-likeness (QED) is 0.863. The van der Waals surface area contributed by atoms with Crippen molar-refractivity contribution in [2.45, 2.75) is 31.9 Å². The number of hydrogen-bond acceptors (Lipinski definition) is 3. The smallest absolute Gasteiger partial charge is 0.251 e. The number of nitrogens with zero attached hydrogens (tertiary/aromatic N) is 1. The van der Waals surface area contributed by atoms with Crippen molar-refractivity contribution in [2.75, 3.05) is 6.61 Å². The third kappa shape index (κ3) is 2.36. The van der Waals surface area contributed by atoms with Crippen LogP contribution in [0.2, 0.25) is 0 Å². The molecule has 1 heterocycles. The van der Waals surface area contributed by atoms with Crippen LogP contribution in [0.4, 0.5) is 0 Å². The number of nitriles is 1. The van der Waals surface area contributed by atoms with E-state index in [0.717, 1.165) is 6.42 Å². The minimum Gasteiger partial charge on any atom is -0.376 e. The van der Waals surface area contributed by atoms with Crippen LogP contribution < -0.4 is 5.32 Å². The van der Waals surface area contributed by atoms with Crippen LogP contribution in [-0.2, 0) is 4.74 Å². The molecule has 0 aromatic heterocycles. The van der Waals surface area contributed by atoms with Gasteiger partial charge in [0.1, 0.15) is 0 Å². The van der Waals surface area contributed by atoms with Crippen molar-refractivity contribution in [2.24, 2.45) is 0 Å². The molecule has 0 saturated carbocycles. The van der Waals surface area contributed by atoms with Gasteiger partial charge in [0, 0.05) is 12.2 Å². The van der Waals surface area contributed by atoms with Gasteiger partial charge in [0.25, 0.3) is 5.91 Å². The first kappa shape index (κ1) is 12.6. The molecule has 1 aliphatic heterocycles. The summed E-state index contributed by atoms with van der Waals surface area (Å²) in [6, 6.07) is 8.73. The molecule has 4 nitrogen and oxygen atoms in total. The molecular weight excluding hydrogens is 228 g/mol. The largest absolute Gasteiger partial charge is 0.376 e. The van der Waals surface area contributed by atoms with Crippen LogP contribution in [0.25, 0.3) is 0 Å². The van der Waals surface area contributed by atoms with Crippen LogP contribution in [0.1, 0.15) is 36.2 Å². The molecule has 2 rings (SSSR count). The Kier molecular flexibility index (Phi) is 3.35. The number of hydrogen-bond donors (Lipinski definition) is 1. The number of benzene rings is 1. The second-order valence-electron chi connectivity index (χ2n) is 4.83. The first-order chi connectivity index (χ1) is 8.55. The predicted molar refractivity (Wildman–Crippen MR) is 67.1 cm³/mol. The van der Waals surface area contributed by atoms with Crippen LogP contribution in [0.15, 0.2) is 24.3 Å². The molecule has 2 unspecified atom stereocenters. The van der Waals surface area contributed by atoms with Gasteiger partial charge in [-0.15, -0.1) is 0 Å². The van der Waals surface area contributed by atoms with Gasteiger partial charge < -0.3 is 10.1 Å². The number of carbonyl (C=O) groups excluding carboxylic acids is 1. The lowest BCUT2D eigenvalue weighted by molar-refractivity contribution is 0.0727. The summed E-state index contributed by atoms with van der Waals surface area (Å²) >= 11 is 0. The number of amides is 1. The molecule has 0 aliphatic carbocycles. The van der Waals surface area contributed by atoms with Crippen molar-refractivity contribution in [3.05, 3.63) is 35.4 Å². The molecule has 1 aromatic rings. The maximum Gasteiger partial charge on any atom is 0.251 e. The highest BCUT2D eigenvalue weighted by Gasteiger charge is 2.38. The minimum absolute atomic E-state index is 0.000555. The second kappa shape index (κ2) is 4.79. The van der Waals surface area contributed by atoms with Gasteiger partial charge in [-0.2, -0.15) is 5.26 Å². The summed E-state index contributed by atoms with van der Waals surface area (Å²) in [6.07, 6.45) is 0.804. The Hall–Kier alpha value is -1.86. The van der Waals surface area contributed by atoms with E-state index in [9.17, 15) is 4.79 Å². The van der Waals surface area contributed by atoms with E-state index in [4.69, 9.17) is 10.00 Å². The molecule has 1 saturated heterocycles. The van der Waals surface area contributed by atoms with Crippen molar-refractivity contribution >= 4 is 5.91 Å². The van der Waals surface area contributed by atoms with Gasteiger partial charge in [-0.3, -0.25) is 4.79 Å². The van der Waals surface area contributed by atoms with E-state index in [-0.39, 0.29) is 17.6 Å². The van der Waals surface area contributed by atoms with E-state index < -0.39 is 0 Å². The van der Waals surface area contributed by atoms with Gasteiger partial charge in [0.2, 0.25) is 0 Å². The summed E-state index contributed by atoms with van der Waals surface area (Å²) in [4.78, 5) is 12.1. The van der Waals surface area contributed by atoms with Crippen LogP contribution >= 0.6 is 0 Å². The Balaban J connectivity index is 2.15. The maximum absolute atomic E-state index is 12.1. The first-order valence-electron chi connectivity index (χ1n) is 5.99. The fourth-order valence-corrected chi connectivity index (χ4v) is 2.06. The van der Waals surface area contributed by atoms with E-state index in [1.165, 1.54) is 0 Å². The second-order valence-corrected chi connectivity index (χ2v) is 4.83. The standard InChI is InChI=1S/C14H16N2O2/c1-10-14(2,6-7-18-10)16-13(17)12-5-3-4-11(8-12)9-15/h3-5,8,10H,6-7H2,1-2H3,(H,16,17). The zero-order valence-electron chi connectivity index (χ0n) is 10.6. The Morgan fingerprint density at radius 2 is 2.39 bits per heavy atom. The van der Waals surface area contributed by atoms with Gasteiger partial charge in [0.15, 0.2) is 0 Å². The maximum atomic E-state index is 12.1. The molecule has 0 radical (unpaired) electrons. The van der Waals surface area contributed by atoms with E-state index in [1.807, 2.05) is 19.9 Å². The van der Waals surface area contributed by atoms with E-state index >= 15 is 0 Å². The zero-order chi connectivity index (χ0) is 13.2. The molecule has 2 atom stereocenters. The highest BCUT2D eigenvalue weighted by Crippen LogP contribution is 2.25. The van der Waals surface area contributed by atoms with Crippen LogP contribution in [-0.4, -0.2) is 24.2 Å². The molecule has 4 heteroatoms. The SMILES string of the molecule is CC1OCCC1(C)NC(=O)c1cccc(C#N)c1. The van der Waals surface area contributed by atoms with Gasteiger partial charge in [-0.1, -0.05) is 6.07 Å². The monoisotopic (exact) mass is 244 g/mol. The van der Waals surface area contributed by atoms with Crippen molar-refractivity contribution < 1.29 is 9.53 Å². The van der Waals surface area contributed by atoms with Gasteiger partial charge in [-0.05, 0) is 38.5 Å². The number of rotatable bonds is 2. The van der Waals surface area contributed by atoms with Crippen molar-refractivity contribution in [3.63, 3.8) is 0 Å². The third-order valence-electron chi connectivity index (χ3n) is 3.54. The Labute approximate surface area is 107 Å². The summed E-state index contributed by atoms with van der Waals surface area (Å²) in [6.45, 7) is 4.60. The van der Waals surface area contributed by atoms with E-state index in [2.05, 4.69) is 5.32 Å². The van der Waals surface area contributed by atoms with E-state index in [0.29, 0.717) is 17.7 Å². The number of ether oxygens (including phenoxy) is 1. The van der Waals surface area contributed by atoms with E-state index in [1.54, 1.807) is 24.3 Å². The Bertz CT molecular complexity index is 507. The van der Waals surface area contributed by atoms with Gasteiger partial charge in [0.05, 0.1) is 23.3 Å². The normalized spacial score (nSPS) is 26.6. The lowest BCUT2D eigenvalue weighted by atomic mass is 9.94. The Morgan fingerprint density at radius 3 is 3.00 bits per heavy atom. The van der Waals surface area contributed by atoms with Crippen LogP contribution in [0.3, 0.4) is 0 Å². The minimum atomic E-state index is -0.334. The zero-order valence-corrected chi connectivity index (χ0v) is 10.6. The summed E-state index contributed by atoms with van der Waals surface area (Å²) in [7, 11) is 0. The first-order valence-corrected chi connectivity index (χ1v) is 5.99. The van der Waals surface area contributed by atoms with Crippen LogP contribution in [0.5, 0.6) is 0 Å². The fourth-order valence-electron chi connectivity index (χ4n) is 2.06.